The van der Waals surface area contributed by atoms with Gasteiger partial charge in [0.2, 0.25) is 0 Å². The summed E-state index contributed by atoms with van der Waals surface area (Å²) in [5, 5.41) is 0. The first-order valence-electron chi connectivity index (χ1n) is 0.915. The van der Waals surface area contributed by atoms with Crippen molar-refractivity contribution < 1.29 is 4.79 Å². The Hall–Kier alpha value is -0.300. The van der Waals surface area contributed by atoms with Crippen LogP contribution in [0.2, 0.25) is 0 Å². The molecule has 0 aromatic heterocycles. The first-order valence-corrected chi connectivity index (χ1v) is 1.35. The maximum absolute atomic E-state index is 8.00. The minimum atomic E-state index is 1.22. The molecule has 0 aromatic rings. The van der Waals surface area contributed by atoms with E-state index in [2.05, 4.69) is 6.58 Å². The van der Waals surface area contributed by atoms with Gasteiger partial charge in [0.05, 0.1) is 0 Å². The fraction of sp³-hybridized carbons (Fsp3) is 0. The molecule has 0 amide bonds. The molecule has 0 spiro atoms. The van der Waals surface area contributed by atoms with Crippen LogP contribution in [0.1, 0.15) is 0 Å². The lowest BCUT2D eigenvalue weighted by molar-refractivity contribution is -0.0979. The zero-order chi connectivity index (χ0) is 4.71. The lowest BCUT2D eigenvalue weighted by Gasteiger charge is -1.27. The first kappa shape index (κ1) is 8.83. The van der Waals surface area contributed by atoms with Crippen molar-refractivity contribution in [3.8, 4) is 0 Å². The Morgan fingerprint density at radius 3 is 1.60 bits per heavy atom. The average molecular weight is 92.5 g/mol. The maximum atomic E-state index is 8.00. The van der Waals surface area contributed by atoms with E-state index in [0.717, 1.165) is 0 Å². The van der Waals surface area contributed by atoms with Crippen LogP contribution in [0.25, 0.3) is 0 Å². The van der Waals surface area contributed by atoms with Crippen molar-refractivity contribution in [2.24, 2.45) is 0 Å². The predicted molar refractivity (Wildman–Crippen MR) is 23.2 cm³/mol. The Morgan fingerprint density at radius 2 is 1.60 bits per heavy atom. The minimum Gasteiger partial charge on any atom is -0.307 e. The van der Waals surface area contributed by atoms with Crippen molar-refractivity contribution in [2.45, 2.75) is 0 Å². The summed E-state index contributed by atoms with van der Waals surface area (Å²) in [5.74, 6) is 0. The first-order chi connectivity index (χ1) is 2.41. The van der Waals surface area contributed by atoms with Crippen LogP contribution in [-0.4, -0.2) is 6.79 Å². The highest BCUT2D eigenvalue weighted by molar-refractivity contribution is 6.25. The van der Waals surface area contributed by atoms with Gasteiger partial charge in [-0.3, -0.25) is 0 Å². The fourth-order valence-electron chi connectivity index (χ4n) is 0. The molecule has 0 saturated heterocycles. The molecule has 0 aliphatic heterocycles. The summed E-state index contributed by atoms with van der Waals surface area (Å²) in [4.78, 5) is 8.00. The molecule has 1 nitrogen and oxygen atoms in total. The Bertz CT molecular complexity index is 20.9. The van der Waals surface area contributed by atoms with Crippen LogP contribution in [0.5, 0.6) is 0 Å². The molecule has 0 rings (SSSR count). The van der Waals surface area contributed by atoms with Crippen LogP contribution in [-0.2, 0) is 4.79 Å². The fourth-order valence-corrected chi connectivity index (χ4v) is 0. The maximum Gasteiger partial charge on any atom is 0.106 e. The summed E-state index contributed by atoms with van der Waals surface area (Å²) >= 11 is 4.76. The van der Waals surface area contributed by atoms with E-state index in [9.17, 15) is 0 Å². The monoisotopic (exact) mass is 92.0 g/mol. The molecule has 0 bridgehead atoms. The molecule has 2 heteroatoms. The molecule has 0 atom stereocenters. The largest absolute Gasteiger partial charge is 0.307 e. The van der Waals surface area contributed by atoms with Gasteiger partial charge in [-0.2, -0.15) is 0 Å². The van der Waals surface area contributed by atoms with Gasteiger partial charge in [0.15, 0.2) is 0 Å². The SMILES string of the molecule is C=CCl.C=O. The molecule has 0 saturated carbocycles. The third kappa shape index (κ3) is 119. The van der Waals surface area contributed by atoms with Crippen molar-refractivity contribution in [3.05, 3.63) is 12.1 Å². The number of hydrogen-bond acceptors (Lipinski definition) is 1. The van der Waals surface area contributed by atoms with Gasteiger partial charge in [-0.15, -0.1) is 0 Å². The summed E-state index contributed by atoms with van der Waals surface area (Å²) in [6.45, 7) is 5.13. The van der Waals surface area contributed by atoms with E-state index in [4.69, 9.17) is 16.4 Å². The van der Waals surface area contributed by atoms with E-state index in [1.165, 1.54) is 5.54 Å². The summed E-state index contributed by atoms with van der Waals surface area (Å²) in [5.41, 5.74) is 1.22. The lowest BCUT2D eigenvalue weighted by Crippen LogP contribution is -0.926. The number of halogens is 1. The molecule has 0 N–H and O–H groups in total. The molecule has 0 aliphatic carbocycles. The topological polar surface area (TPSA) is 17.1 Å². The average Bonchev–Trinajstić information content (AvgIpc) is 1.46. The predicted octanol–water partition coefficient (Wildman–Crippen LogP) is 1.18. The van der Waals surface area contributed by atoms with Gasteiger partial charge in [0.1, 0.15) is 6.79 Å². The third-order valence-corrected chi connectivity index (χ3v) is 0. The summed E-state index contributed by atoms with van der Waals surface area (Å²) in [6, 6.07) is 0. The van der Waals surface area contributed by atoms with Crippen molar-refractivity contribution in [3.63, 3.8) is 0 Å². The third-order valence-electron chi connectivity index (χ3n) is 0. The number of carbonyl (C=O) groups is 1. The smallest absolute Gasteiger partial charge is 0.106 e. The van der Waals surface area contributed by atoms with Crippen molar-refractivity contribution in [2.75, 3.05) is 0 Å². The highest BCUT2D eigenvalue weighted by Gasteiger charge is 1.18. The second kappa shape index (κ2) is 55.0. The molecule has 0 fully saturated rings. The van der Waals surface area contributed by atoms with Crippen LogP contribution in [0.15, 0.2) is 12.1 Å². The van der Waals surface area contributed by atoms with Crippen molar-refractivity contribution in [1.82, 2.24) is 0 Å². The molecule has 0 unspecified atom stereocenters. The van der Waals surface area contributed by atoms with E-state index in [1.54, 1.807) is 0 Å². The van der Waals surface area contributed by atoms with Gasteiger partial charge in [-0.05, 0) is 5.54 Å². The minimum absolute atomic E-state index is 1.22. The van der Waals surface area contributed by atoms with Crippen LogP contribution in [0.3, 0.4) is 0 Å². The summed E-state index contributed by atoms with van der Waals surface area (Å²) in [7, 11) is 0. The molecular weight excluding hydrogens is 87.5 g/mol. The van der Waals surface area contributed by atoms with Crippen LogP contribution < -0.4 is 0 Å². The zero-order valence-corrected chi connectivity index (χ0v) is 3.53. The highest BCUT2D eigenvalue weighted by atomic mass is 35.5. The van der Waals surface area contributed by atoms with Crippen LogP contribution in [0, 0.1) is 0 Å². The summed E-state index contributed by atoms with van der Waals surface area (Å²) < 4.78 is 0. The van der Waals surface area contributed by atoms with E-state index in [1.807, 2.05) is 6.79 Å². The Morgan fingerprint density at radius 1 is 1.60 bits per heavy atom. The second-order valence-electron chi connectivity index (χ2n) is 0.154. The zero-order valence-electron chi connectivity index (χ0n) is 2.78. The van der Waals surface area contributed by atoms with Gasteiger partial charge in [0, 0.05) is 0 Å². The number of carbonyl (C=O) groups excluding carboxylic acids is 1. The van der Waals surface area contributed by atoms with E-state index in [0.29, 0.717) is 0 Å². The van der Waals surface area contributed by atoms with Gasteiger partial charge in [-0.25, -0.2) is 0 Å². The number of hydrogen-bond donors (Lipinski definition) is 0. The normalized spacial score (nSPS) is 3.40. The van der Waals surface area contributed by atoms with Crippen LogP contribution >= 0.6 is 11.6 Å². The van der Waals surface area contributed by atoms with Gasteiger partial charge in [0.25, 0.3) is 0 Å². The molecule has 5 heavy (non-hydrogen) atoms. The molecule has 0 radical (unpaired) electrons. The number of rotatable bonds is 0. The molecule has 30 valence electrons. The Kier molecular flexibility index (Phi) is 97.2. The standard InChI is InChI=1S/C2H3Cl.CH2O/c1-2-3;1-2/h2H,1H2;1H2. The molecule has 0 aliphatic rings. The summed E-state index contributed by atoms with van der Waals surface area (Å²) in [6.07, 6.45) is 0. The van der Waals surface area contributed by atoms with Crippen molar-refractivity contribution in [1.29, 1.82) is 0 Å². The second-order valence-corrected chi connectivity index (χ2v) is 0.463. The molecule has 0 aromatic carbocycles. The van der Waals surface area contributed by atoms with Crippen molar-refractivity contribution >= 4 is 18.4 Å². The highest BCUT2D eigenvalue weighted by Crippen LogP contribution is 1.60. The van der Waals surface area contributed by atoms with E-state index >= 15 is 0 Å². The lowest BCUT2D eigenvalue weighted by atomic mass is 11.3. The Labute approximate surface area is 36.3 Å². The molecular formula is C3H5ClO. The van der Waals surface area contributed by atoms with E-state index in [-0.39, 0.29) is 0 Å². The van der Waals surface area contributed by atoms with Crippen LogP contribution in [0.4, 0.5) is 0 Å². The van der Waals surface area contributed by atoms with E-state index < -0.39 is 0 Å². The Balaban J connectivity index is 0. The van der Waals surface area contributed by atoms with Gasteiger partial charge >= 0.3 is 0 Å². The molecule has 0 heterocycles. The van der Waals surface area contributed by atoms with Gasteiger partial charge in [-0.1, -0.05) is 18.2 Å². The van der Waals surface area contributed by atoms with Gasteiger partial charge < -0.3 is 4.79 Å². The quantitative estimate of drug-likeness (QED) is 0.439.